The molecule has 0 spiro atoms. The molecule has 132 valence electrons. The summed E-state index contributed by atoms with van der Waals surface area (Å²) in [7, 11) is 0. The molecule has 2 amide bonds. The predicted molar refractivity (Wildman–Crippen MR) is 94.1 cm³/mol. The average Bonchev–Trinajstić information content (AvgIpc) is 2.52. The number of likely N-dealkylation sites (tertiary alicyclic amines) is 1. The van der Waals surface area contributed by atoms with Gasteiger partial charge in [0.25, 0.3) is 5.91 Å². The van der Waals surface area contributed by atoms with Crippen LogP contribution in [-0.4, -0.2) is 41.6 Å². The summed E-state index contributed by atoms with van der Waals surface area (Å²) in [6, 6.07) is 7.46. The molecular weight excluding hydrogens is 304 g/mol. The van der Waals surface area contributed by atoms with E-state index in [1.165, 1.54) is 0 Å². The van der Waals surface area contributed by atoms with Gasteiger partial charge in [0.05, 0.1) is 6.04 Å². The first-order valence-electron chi connectivity index (χ1n) is 8.61. The number of ether oxygens (including phenoxy) is 1. The Morgan fingerprint density at radius 1 is 1.21 bits per heavy atom. The lowest BCUT2D eigenvalue weighted by atomic mass is 10.0. The Balaban J connectivity index is 1.94. The molecule has 1 N–H and O–H groups in total. The Labute approximate surface area is 144 Å². The quantitative estimate of drug-likeness (QED) is 0.921. The summed E-state index contributed by atoms with van der Waals surface area (Å²) in [5.74, 6) is -0.107. The van der Waals surface area contributed by atoms with Crippen molar-refractivity contribution < 1.29 is 14.3 Å². The molecule has 5 heteroatoms. The zero-order valence-electron chi connectivity index (χ0n) is 15.1. The van der Waals surface area contributed by atoms with Crippen molar-refractivity contribution in [3.05, 3.63) is 35.4 Å². The number of aryl methyl sites for hydroxylation is 1. The maximum Gasteiger partial charge on any atom is 0.410 e. The van der Waals surface area contributed by atoms with Crippen LogP contribution in [0.15, 0.2) is 24.3 Å². The number of hydrogen-bond acceptors (Lipinski definition) is 3. The monoisotopic (exact) mass is 332 g/mol. The molecule has 2 rings (SSSR count). The SMILES string of the molecule is Cc1ccc(C(=O)NCC2CCCCN2C(=O)OC(C)(C)C)cc1. The van der Waals surface area contributed by atoms with Crippen LogP contribution in [0.3, 0.4) is 0 Å². The van der Waals surface area contributed by atoms with Gasteiger partial charge in [-0.3, -0.25) is 4.79 Å². The van der Waals surface area contributed by atoms with Crippen LogP contribution < -0.4 is 5.32 Å². The fourth-order valence-electron chi connectivity index (χ4n) is 2.79. The molecule has 0 bridgehead atoms. The third-order valence-corrected chi connectivity index (χ3v) is 4.07. The van der Waals surface area contributed by atoms with Crippen molar-refractivity contribution in [1.82, 2.24) is 10.2 Å². The predicted octanol–water partition coefficient (Wildman–Crippen LogP) is 3.51. The lowest BCUT2D eigenvalue weighted by Gasteiger charge is -2.36. The molecule has 1 heterocycles. The van der Waals surface area contributed by atoms with Gasteiger partial charge in [0.1, 0.15) is 5.60 Å². The van der Waals surface area contributed by atoms with Crippen LogP contribution >= 0.6 is 0 Å². The van der Waals surface area contributed by atoms with Gasteiger partial charge in [-0.25, -0.2) is 4.79 Å². The first-order valence-corrected chi connectivity index (χ1v) is 8.61. The molecule has 1 fully saturated rings. The van der Waals surface area contributed by atoms with Crippen molar-refractivity contribution in [2.75, 3.05) is 13.1 Å². The highest BCUT2D eigenvalue weighted by atomic mass is 16.6. The number of nitrogens with zero attached hydrogens (tertiary/aromatic N) is 1. The summed E-state index contributed by atoms with van der Waals surface area (Å²) in [5, 5.41) is 2.95. The third-order valence-electron chi connectivity index (χ3n) is 4.07. The first-order chi connectivity index (χ1) is 11.3. The molecule has 0 saturated carbocycles. The van der Waals surface area contributed by atoms with Crippen LogP contribution in [0.5, 0.6) is 0 Å². The highest BCUT2D eigenvalue weighted by molar-refractivity contribution is 5.94. The standard InChI is InChI=1S/C19H28N2O3/c1-14-8-10-15(11-9-14)17(22)20-13-16-7-5-6-12-21(16)18(23)24-19(2,3)4/h8-11,16H,5-7,12-13H2,1-4H3,(H,20,22). The van der Waals surface area contributed by atoms with Crippen LogP contribution in [0.25, 0.3) is 0 Å². The number of carbonyl (C=O) groups is 2. The van der Waals surface area contributed by atoms with Crippen molar-refractivity contribution in [3.8, 4) is 0 Å². The second-order valence-corrected chi connectivity index (χ2v) is 7.40. The Kier molecular flexibility index (Phi) is 5.86. The van der Waals surface area contributed by atoms with Gasteiger partial charge in [0.15, 0.2) is 0 Å². The molecule has 1 aromatic rings. The van der Waals surface area contributed by atoms with E-state index < -0.39 is 5.60 Å². The Morgan fingerprint density at radius 3 is 2.50 bits per heavy atom. The molecule has 1 aliphatic rings. The van der Waals surface area contributed by atoms with E-state index in [0.717, 1.165) is 24.8 Å². The molecule has 1 unspecified atom stereocenters. The molecule has 5 nitrogen and oxygen atoms in total. The normalized spacial score (nSPS) is 18.2. The van der Waals surface area contributed by atoms with Gasteiger partial charge in [0.2, 0.25) is 0 Å². The second kappa shape index (κ2) is 7.69. The molecule has 1 atom stereocenters. The van der Waals surface area contributed by atoms with E-state index in [0.29, 0.717) is 18.7 Å². The highest BCUT2D eigenvalue weighted by Gasteiger charge is 2.30. The highest BCUT2D eigenvalue weighted by Crippen LogP contribution is 2.20. The van der Waals surface area contributed by atoms with Crippen molar-refractivity contribution in [2.45, 2.75) is 58.6 Å². The summed E-state index contributed by atoms with van der Waals surface area (Å²) in [6.45, 7) is 8.71. The zero-order valence-corrected chi connectivity index (χ0v) is 15.1. The molecule has 1 saturated heterocycles. The first kappa shape index (κ1) is 18.3. The molecule has 24 heavy (non-hydrogen) atoms. The van der Waals surface area contributed by atoms with E-state index >= 15 is 0 Å². The van der Waals surface area contributed by atoms with E-state index in [2.05, 4.69) is 5.32 Å². The molecule has 1 aliphatic heterocycles. The number of piperidine rings is 1. The Morgan fingerprint density at radius 2 is 1.88 bits per heavy atom. The Hall–Kier alpha value is -2.04. The number of rotatable bonds is 3. The summed E-state index contributed by atoms with van der Waals surface area (Å²) in [4.78, 5) is 26.4. The van der Waals surface area contributed by atoms with Crippen molar-refractivity contribution in [2.24, 2.45) is 0 Å². The lowest BCUT2D eigenvalue weighted by molar-refractivity contribution is 0.00986. The fourth-order valence-corrected chi connectivity index (χ4v) is 2.79. The maximum absolute atomic E-state index is 12.4. The van der Waals surface area contributed by atoms with Gasteiger partial charge in [-0.1, -0.05) is 17.7 Å². The van der Waals surface area contributed by atoms with Gasteiger partial charge >= 0.3 is 6.09 Å². The number of benzene rings is 1. The second-order valence-electron chi connectivity index (χ2n) is 7.40. The fraction of sp³-hybridized carbons (Fsp3) is 0.579. The van der Waals surface area contributed by atoms with Crippen LogP contribution in [0.1, 0.15) is 56.0 Å². The van der Waals surface area contributed by atoms with Gasteiger partial charge in [0, 0.05) is 18.7 Å². The minimum absolute atomic E-state index is 0.0111. The molecule has 0 radical (unpaired) electrons. The smallest absolute Gasteiger partial charge is 0.410 e. The van der Waals surface area contributed by atoms with Crippen LogP contribution in [0.4, 0.5) is 4.79 Å². The maximum atomic E-state index is 12.4. The molecule has 1 aromatic carbocycles. The summed E-state index contributed by atoms with van der Waals surface area (Å²) >= 11 is 0. The van der Waals surface area contributed by atoms with E-state index in [4.69, 9.17) is 4.74 Å². The van der Waals surface area contributed by atoms with E-state index in [1.807, 2.05) is 52.0 Å². The van der Waals surface area contributed by atoms with Crippen LogP contribution in [0.2, 0.25) is 0 Å². The summed E-state index contributed by atoms with van der Waals surface area (Å²) in [5.41, 5.74) is 1.25. The van der Waals surface area contributed by atoms with E-state index in [1.54, 1.807) is 4.90 Å². The minimum Gasteiger partial charge on any atom is -0.444 e. The summed E-state index contributed by atoms with van der Waals surface area (Å²) < 4.78 is 5.49. The topological polar surface area (TPSA) is 58.6 Å². The molecule has 0 aliphatic carbocycles. The number of carbonyl (C=O) groups excluding carboxylic acids is 2. The van der Waals surface area contributed by atoms with Crippen molar-refractivity contribution in [1.29, 1.82) is 0 Å². The number of nitrogens with one attached hydrogen (secondary N) is 1. The third kappa shape index (κ3) is 5.25. The number of hydrogen-bond donors (Lipinski definition) is 1. The van der Waals surface area contributed by atoms with Gasteiger partial charge in [-0.15, -0.1) is 0 Å². The van der Waals surface area contributed by atoms with E-state index in [-0.39, 0.29) is 18.0 Å². The van der Waals surface area contributed by atoms with Gasteiger partial charge < -0.3 is 15.0 Å². The molecule has 0 aromatic heterocycles. The van der Waals surface area contributed by atoms with Gasteiger partial charge in [-0.05, 0) is 59.1 Å². The minimum atomic E-state index is -0.510. The largest absolute Gasteiger partial charge is 0.444 e. The number of amides is 2. The van der Waals surface area contributed by atoms with Crippen molar-refractivity contribution >= 4 is 12.0 Å². The summed E-state index contributed by atoms with van der Waals surface area (Å²) in [6.07, 6.45) is 2.62. The van der Waals surface area contributed by atoms with Crippen LogP contribution in [-0.2, 0) is 4.74 Å². The van der Waals surface area contributed by atoms with E-state index in [9.17, 15) is 9.59 Å². The zero-order chi connectivity index (χ0) is 17.7. The van der Waals surface area contributed by atoms with Crippen molar-refractivity contribution in [3.63, 3.8) is 0 Å². The van der Waals surface area contributed by atoms with Crippen LogP contribution in [0, 0.1) is 6.92 Å². The lowest BCUT2D eigenvalue weighted by Crippen LogP contribution is -2.50. The molecular formula is C19H28N2O3. The Bertz CT molecular complexity index is 575. The average molecular weight is 332 g/mol. The van der Waals surface area contributed by atoms with Gasteiger partial charge in [-0.2, -0.15) is 0 Å².